The number of halogens is 1. The third kappa shape index (κ3) is 4.44. The highest BCUT2D eigenvalue weighted by molar-refractivity contribution is 7.13. The first-order valence-corrected chi connectivity index (χ1v) is 10.6. The van der Waals surface area contributed by atoms with Crippen LogP contribution in [0.5, 0.6) is 0 Å². The number of aromatic nitrogens is 2. The SMILES string of the molecule is CCc1ccc([C@H]([NH2+][C@H](C)c2nnc(-c3cccs3)o2)c2cccc(F)c2)cc1. The molecule has 0 spiro atoms. The molecule has 148 valence electrons. The van der Waals surface area contributed by atoms with Gasteiger partial charge >= 0.3 is 0 Å². The lowest BCUT2D eigenvalue weighted by atomic mass is 9.96. The molecule has 0 amide bonds. The minimum Gasteiger partial charge on any atom is -0.414 e. The molecule has 2 atom stereocenters. The van der Waals surface area contributed by atoms with Gasteiger partial charge in [-0.05, 0) is 42.5 Å². The summed E-state index contributed by atoms with van der Waals surface area (Å²) < 4.78 is 19.8. The van der Waals surface area contributed by atoms with Crippen molar-refractivity contribution in [3.63, 3.8) is 0 Å². The summed E-state index contributed by atoms with van der Waals surface area (Å²) in [5.74, 6) is 0.848. The average Bonchev–Trinajstić information content (AvgIpc) is 3.43. The number of nitrogens with zero attached hydrogens (tertiary/aromatic N) is 2. The Kier molecular flexibility index (Phi) is 5.83. The highest BCUT2D eigenvalue weighted by Crippen LogP contribution is 2.25. The number of thiophene rings is 1. The van der Waals surface area contributed by atoms with Gasteiger partial charge in [-0.15, -0.1) is 21.5 Å². The van der Waals surface area contributed by atoms with Gasteiger partial charge in [-0.2, -0.15) is 0 Å². The van der Waals surface area contributed by atoms with Gasteiger partial charge in [0.15, 0.2) is 6.04 Å². The van der Waals surface area contributed by atoms with Crippen LogP contribution in [0.4, 0.5) is 4.39 Å². The molecule has 0 fully saturated rings. The van der Waals surface area contributed by atoms with Crippen LogP contribution in [0.1, 0.15) is 48.5 Å². The van der Waals surface area contributed by atoms with Crippen LogP contribution in [0.3, 0.4) is 0 Å². The Labute approximate surface area is 173 Å². The summed E-state index contributed by atoms with van der Waals surface area (Å²) in [7, 11) is 0. The second-order valence-corrected chi connectivity index (χ2v) is 7.98. The molecule has 2 aromatic heterocycles. The van der Waals surface area contributed by atoms with E-state index in [0.717, 1.165) is 22.4 Å². The van der Waals surface area contributed by atoms with Crippen molar-refractivity contribution in [3.8, 4) is 10.8 Å². The summed E-state index contributed by atoms with van der Waals surface area (Å²) in [6.45, 7) is 4.16. The number of rotatable bonds is 7. The Morgan fingerprint density at radius 1 is 1.03 bits per heavy atom. The molecule has 0 aliphatic rings. The molecule has 0 aliphatic heterocycles. The highest BCUT2D eigenvalue weighted by atomic mass is 32.1. The molecular weight excluding hydrogens is 385 g/mol. The van der Waals surface area contributed by atoms with E-state index in [1.165, 1.54) is 11.6 Å². The molecule has 2 N–H and O–H groups in total. The summed E-state index contributed by atoms with van der Waals surface area (Å²) in [6, 6.07) is 19.0. The lowest BCUT2D eigenvalue weighted by Gasteiger charge is -2.19. The first kappa shape index (κ1) is 19.5. The third-order valence-electron chi connectivity index (χ3n) is 5.00. The van der Waals surface area contributed by atoms with Crippen LogP contribution >= 0.6 is 11.3 Å². The maximum atomic E-state index is 13.9. The molecule has 4 aromatic rings. The van der Waals surface area contributed by atoms with Gasteiger partial charge in [-0.1, -0.05) is 49.4 Å². The van der Waals surface area contributed by atoms with E-state index in [1.807, 2.05) is 30.5 Å². The smallest absolute Gasteiger partial charge is 0.274 e. The van der Waals surface area contributed by atoms with Crippen molar-refractivity contribution in [1.82, 2.24) is 10.2 Å². The standard InChI is InChI=1S/C23H22FN3OS/c1-3-16-9-11-17(12-10-16)21(18-6-4-7-19(24)14-18)25-15(2)22-26-27-23(28-22)20-8-5-13-29-20/h4-15,21,25H,3H2,1-2H3/p+1/t15-,21+/m1/s1. The van der Waals surface area contributed by atoms with Gasteiger partial charge < -0.3 is 9.73 Å². The summed E-state index contributed by atoms with van der Waals surface area (Å²) in [5.41, 5.74) is 3.29. The number of quaternary nitrogens is 1. The van der Waals surface area contributed by atoms with Crippen molar-refractivity contribution in [2.24, 2.45) is 0 Å². The molecule has 0 saturated carbocycles. The van der Waals surface area contributed by atoms with Crippen LogP contribution in [0.2, 0.25) is 0 Å². The topological polar surface area (TPSA) is 55.5 Å². The minimum atomic E-state index is -0.239. The van der Waals surface area contributed by atoms with Crippen LogP contribution in [0, 0.1) is 5.82 Å². The van der Waals surface area contributed by atoms with Gasteiger partial charge in [0, 0.05) is 11.1 Å². The van der Waals surface area contributed by atoms with Crippen LogP contribution < -0.4 is 5.32 Å². The molecule has 2 aromatic carbocycles. The summed E-state index contributed by atoms with van der Waals surface area (Å²) >= 11 is 1.57. The molecule has 4 rings (SSSR count). The van der Waals surface area contributed by atoms with E-state index in [1.54, 1.807) is 23.5 Å². The quantitative estimate of drug-likeness (QED) is 0.473. The zero-order valence-electron chi connectivity index (χ0n) is 16.4. The number of hydrogen-bond donors (Lipinski definition) is 1. The van der Waals surface area contributed by atoms with Crippen molar-refractivity contribution in [2.75, 3.05) is 0 Å². The van der Waals surface area contributed by atoms with E-state index in [4.69, 9.17) is 4.42 Å². The number of nitrogens with two attached hydrogens (primary N) is 1. The van der Waals surface area contributed by atoms with Crippen molar-refractivity contribution >= 4 is 11.3 Å². The maximum absolute atomic E-state index is 13.9. The average molecular weight is 409 g/mol. The Morgan fingerprint density at radius 2 is 1.86 bits per heavy atom. The van der Waals surface area contributed by atoms with E-state index >= 15 is 0 Å². The van der Waals surface area contributed by atoms with Gasteiger partial charge in [0.1, 0.15) is 11.9 Å². The van der Waals surface area contributed by atoms with Crippen LogP contribution in [-0.2, 0) is 6.42 Å². The lowest BCUT2D eigenvalue weighted by molar-refractivity contribution is -0.725. The van der Waals surface area contributed by atoms with Gasteiger partial charge in [-0.3, -0.25) is 0 Å². The first-order chi connectivity index (χ1) is 14.1. The van der Waals surface area contributed by atoms with E-state index in [2.05, 4.69) is 46.7 Å². The molecule has 4 nitrogen and oxygen atoms in total. The summed E-state index contributed by atoms with van der Waals surface area (Å²) in [6.07, 6.45) is 0.985. The van der Waals surface area contributed by atoms with Crippen LogP contribution in [-0.4, -0.2) is 10.2 Å². The van der Waals surface area contributed by atoms with E-state index in [-0.39, 0.29) is 17.9 Å². The molecule has 0 unspecified atom stereocenters. The van der Waals surface area contributed by atoms with Crippen molar-refractivity contribution < 1.29 is 14.1 Å². The lowest BCUT2D eigenvalue weighted by Crippen LogP contribution is -2.86. The van der Waals surface area contributed by atoms with Crippen molar-refractivity contribution in [2.45, 2.75) is 32.4 Å². The molecule has 0 bridgehead atoms. The van der Waals surface area contributed by atoms with Crippen molar-refractivity contribution in [3.05, 3.63) is 94.4 Å². The second-order valence-electron chi connectivity index (χ2n) is 7.03. The summed E-state index contributed by atoms with van der Waals surface area (Å²) in [5, 5.41) is 12.5. The molecular formula is C23H23FN3OS+. The van der Waals surface area contributed by atoms with Crippen molar-refractivity contribution in [1.29, 1.82) is 0 Å². The van der Waals surface area contributed by atoms with E-state index in [0.29, 0.717) is 11.8 Å². The Balaban J connectivity index is 1.62. The van der Waals surface area contributed by atoms with Crippen LogP contribution in [0.15, 0.2) is 70.5 Å². The maximum Gasteiger partial charge on any atom is 0.274 e. The Bertz CT molecular complexity index is 1060. The van der Waals surface area contributed by atoms with Gasteiger partial charge in [0.05, 0.1) is 4.88 Å². The Morgan fingerprint density at radius 3 is 2.55 bits per heavy atom. The fourth-order valence-corrected chi connectivity index (χ4v) is 4.01. The van der Waals surface area contributed by atoms with Crippen LogP contribution in [0.25, 0.3) is 10.8 Å². The predicted molar refractivity (Wildman–Crippen MR) is 112 cm³/mol. The fourth-order valence-electron chi connectivity index (χ4n) is 3.36. The molecule has 0 aliphatic carbocycles. The number of aryl methyl sites for hydroxylation is 1. The second kappa shape index (κ2) is 8.68. The van der Waals surface area contributed by atoms with E-state index < -0.39 is 0 Å². The van der Waals surface area contributed by atoms with Gasteiger partial charge in [-0.25, -0.2) is 4.39 Å². The molecule has 0 saturated heterocycles. The van der Waals surface area contributed by atoms with E-state index in [9.17, 15) is 4.39 Å². The monoisotopic (exact) mass is 408 g/mol. The largest absolute Gasteiger partial charge is 0.414 e. The zero-order valence-corrected chi connectivity index (χ0v) is 17.2. The first-order valence-electron chi connectivity index (χ1n) is 9.70. The predicted octanol–water partition coefficient (Wildman–Crippen LogP) is 4.91. The van der Waals surface area contributed by atoms with Gasteiger partial charge in [0.25, 0.3) is 11.8 Å². The molecule has 6 heteroatoms. The van der Waals surface area contributed by atoms with Gasteiger partial charge in [0.2, 0.25) is 0 Å². The number of hydrogen-bond acceptors (Lipinski definition) is 4. The molecule has 29 heavy (non-hydrogen) atoms. The number of benzene rings is 2. The molecule has 2 heterocycles. The summed E-state index contributed by atoms with van der Waals surface area (Å²) in [4.78, 5) is 0.952. The normalized spacial score (nSPS) is 13.3. The fraction of sp³-hybridized carbons (Fsp3) is 0.217. The zero-order chi connectivity index (χ0) is 20.2. The molecule has 0 radical (unpaired) electrons. The third-order valence-corrected chi connectivity index (χ3v) is 5.86. The minimum absolute atomic E-state index is 0.0799. The highest BCUT2D eigenvalue weighted by Gasteiger charge is 2.25. The Hall–Kier alpha value is -2.83.